The number of carbonyl (C=O) groups is 2. The Bertz CT molecular complexity index is 882. The Balaban J connectivity index is 1.30. The number of hydrogen-bond donors (Lipinski definition) is 0. The number of aryl methyl sites for hydroxylation is 3. The van der Waals surface area contributed by atoms with Crippen LogP contribution in [0.25, 0.3) is 0 Å². The van der Waals surface area contributed by atoms with Crippen LogP contribution in [0.15, 0.2) is 34.7 Å². The Morgan fingerprint density at radius 2 is 1.90 bits per heavy atom. The van der Waals surface area contributed by atoms with E-state index in [1.54, 1.807) is 13.8 Å². The third kappa shape index (κ3) is 4.21. The van der Waals surface area contributed by atoms with E-state index < -0.39 is 0 Å². The predicted molar refractivity (Wildman–Crippen MR) is 110 cm³/mol. The summed E-state index contributed by atoms with van der Waals surface area (Å²) < 4.78 is 5.50. The zero-order valence-corrected chi connectivity index (χ0v) is 17.3. The highest BCUT2D eigenvalue weighted by atomic mass is 16.4. The maximum atomic E-state index is 12.8. The first-order valence-corrected chi connectivity index (χ1v) is 10.5. The van der Waals surface area contributed by atoms with Gasteiger partial charge < -0.3 is 14.2 Å². The van der Waals surface area contributed by atoms with Crippen molar-refractivity contribution in [2.24, 2.45) is 5.41 Å². The number of amides is 2. The summed E-state index contributed by atoms with van der Waals surface area (Å²) in [5, 5.41) is 0. The van der Waals surface area contributed by atoms with E-state index in [-0.39, 0.29) is 17.2 Å². The van der Waals surface area contributed by atoms with E-state index in [1.165, 1.54) is 5.56 Å². The van der Waals surface area contributed by atoms with E-state index in [0.717, 1.165) is 38.8 Å². The molecule has 2 aromatic rings. The molecule has 1 aromatic heterocycles. The van der Waals surface area contributed by atoms with Gasteiger partial charge in [-0.25, -0.2) is 4.98 Å². The van der Waals surface area contributed by atoms with E-state index in [0.29, 0.717) is 36.9 Å². The van der Waals surface area contributed by atoms with Crippen LogP contribution in [0.5, 0.6) is 0 Å². The second-order valence-corrected chi connectivity index (χ2v) is 8.52. The van der Waals surface area contributed by atoms with Gasteiger partial charge in [0.1, 0.15) is 0 Å². The standard InChI is InChI=1S/C23H29N3O3/c1-17-21(29-18(2)24-17)22(28)25-13-10-23(11-14-25)15-20(27)26(16-23)12-6-9-19-7-4-3-5-8-19/h3-5,7-8H,6,9-16H2,1-2H3. The lowest BCUT2D eigenvalue weighted by Gasteiger charge is -2.38. The summed E-state index contributed by atoms with van der Waals surface area (Å²) in [5.74, 6) is 1.05. The number of aromatic nitrogens is 1. The van der Waals surface area contributed by atoms with Gasteiger partial charge in [-0.3, -0.25) is 9.59 Å². The normalized spacial score (nSPS) is 18.6. The molecular weight excluding hydrogens is 366 g/mol. The first kappa shape index (κ1) is 19.7. The molecule has 0 N–H and O–H groups in total. The zero-order valence-electron chi connectivity index (χ0n) is 17.3. The Morgan fingerprint density at radius 3 is 2.55 bits per heavy atom. The molecule has 1 spiro atoms. The van der Waals surface area contributed by atoms with Gasteiger partial charge in [-0.05, 0) is 38.2 Å². The average molecular weight is 396 g/mol. The molecule has 6 heteroatoms. The number of carbonyl (C=O) groups excluding carboxylic acids is 2. The van der Waals surface area contributed by atoms with Crippen molar-refractivity contribution in [3.63, 3.8) is 0 Å². The molecule has 0 radical (unpaired) electrons. The molecule has 1 aromatic carbocycles. The highest BCUT2D eigenvalue weighted by Crippen LogP contribution is 2.41. The Kier molecular flexibility index (Phi) is 5.43. The third-order valence-corrected chi connectivity index (χ3v) is 6.35. The molecule has 2 aliphatic rings. The van der Waals surface area contributed by atoms with Crippen LogP contribution in [0.4, 0.5) is 0 Å². The van der Waals surface area contributed by atoms with Crippen LogP contribution in [0.1, 0.15) is 53.4 Å². The Hall–Kier alpha value is -2.63. The lowest BCUT2D eigenvalue weighted by molar-refractivity contribution is -0.127. The van der Waals surface area contributed by atoms with Gasteiger partial charge in [0.2, 0.25) is 11.7 Å². The summed E-state index contributed by atoms with van der Waals surface area (Å²) in [7, 11) is 0. The number of piperidine rings is 1. The van der Waals surface area contributed by atoms with Crippen LogP contribution >= 0.6 is 0 Å². The van der Waals surface area contributed by atoms with Gasteiger partial charge >= 0.3 is 0 Å². The summed E-state index contributed by atoms with van der Waals surface area (Å²) in [5.41, 5.74) is 1.99. The van der Waals surface area contributed by atoms with Crippen molar-refractivity contribution in [2.45, 2.75) is 46.0 Å². The zero-order chi connectivity index (χ0) is 20.4. The quantitative estimate of drug-likeness (QED) is 0.778. The number of nitrogens with zero attached hydrogens (tertiary/aromatic N) is 3. The second kappa shape index (κ2) is 8.01. The Labute approximate surface area is 171 Å². The molecule has 0 aliphatic carbocycles. The fraction of sp³-hybridized carbons (Fsp3) is 0.522. The van der Waals surface area contributed by atoms with Crippen molar-refractivity contribution in [2.75, 3.05) is 26.2 Å². The van der Waals surface area contributed by atoms with Crippen molar-refractivity contribution in [1.82, 2.24) is 14.8 Å². The number of hydrogen-bond acceptors (Lipinski definition) is 4. The maximum Gasteiger partial charge on any atom is 0.291 e. The molecule has 0 saturated carbocycles. The fourth-order valence-electron chi connectivity index (χ4n) is 4.70. The van der Waals surface area contributed by atoms with Crippen molar-refractivity contribution < 1.29 is 14.0 Å². The Morgan fingerprint density at radius 1 is 1.17 bits per heavy atom. The first-order chi connectivity index (χ1) is 14.0. The molecule has 154 valence electrons. The molecule has 0 atom stereocenters. The lowest BCUT2D eigenvalue weighted by atomic mass is 9.77. The molecule has 2 aliphatic heterocycles. The van der Waals surface area contributed by atoms with Gasteiger partial charge in [0.05, 0.1) is 5.69 Å². The van der Waals surface area contributed by atoms with E-state index in [2.05, 4.69) is 29.2 Å². The van der Waals surface area contributed by atoms with Crippen LogP contribution in [0.2, 0.25) is 0 Å². The molecule has 6 nitrogen and oxygen atoms in total. The minimum Gasteiger partial charge on any atom is -0.436 e. The van der Waals surface area contributed by atoms with Gasteiger partial charge in [-0.1, -0.05) is 30.3 Å². The number of benzene rings is 1. The molecule has 2 saturated heterocycles. The first-order valence-electron chi connectivity index (χ1n) is 10.5. The second-order valence-electron chi connectivity index (χ2n) is 8.52. The molecule has 3 heterocycles. The van der Waals surface area contributed by atoms with Crippen molar-refractivity contribution in [1.29, 1.82) is 0 Å². The summed E-state index contributed by atoms with van der Waals surface area (Å²) in [6.45, 7) is 6.54. The lowest BCUT2D eigenvalue weighted by Crippen LogP contribution is -2.44. The van der Waals surface area contributed by atoms with Crippen LogP contribution < -0.4 is 0 Å². The van der Waals surface area contributed by atoms with E-state index >= 15 is 0 Å². The van der Waals surface area contributed by atoms with Crippen LogP contribution in [0.3, 0.4) is 0 Å². The monoisotopic (exact) mass is 395 g/mol. The fourth-order valence-corrected chi connectivity index (χ4v) is 4.70. The minimum atomic E-state index is -0.0815. The van der Waals surface area contributed by atoms with Crippen LogP contribution in [-0.4, -0.2) is 52.8 Å². The van der Waals surface area contributed by atoms with Crippen molar-refractivity contribution >= 4 is 11.8 Å². The van der Waals surface area contributed by atoms with E-state index in [1.807, 2.05) is 15.9 Å². The van der Waals surface area contributed by atoms with Gasteiger partial charge in [0.25, 0.3) is 5.91 Å². The van der Waals surface area contributed by atoms with Crippen molar-refractivity contribution in [3.05, 3.63) is 53.2 Å². The highest BCUT2D eigenvalue weighted by Gasteiger charge is 2.45. The van der Waals surface area contributed by atoms with Gasteiger partial charge in [0.15, 0.2) is 5.89 Å². The third-order valence-electron chi connectivity index (χ3n) is 6.35. The molecular formula is C23H29N3O3. The van der Waals surface area contributed by atoms with Crippen molar-refractivity contribution in [3.8, 4) is 0 Å². The summed E-state index contributed by atoms with van der Waals surface area (Å²) in [6.07, 6.45) is 4.33. The molecule has 0 unspecified atom stereocenters. The van der Waals surface area contributed by atoms with Gasteiger partial charge in [0, 0.05) is 44.9 Å². The minimum absolute atomic E-state index is 0.0208. The van der Waals surface area contributed by atoms with E-state index in [4.69, 9.17) is 4.42 Å². The molecule has 29 heavy (non-hydrogen) atoms. The SMILES string of the molecule is Cc1nc(C)c(C(=O)N2CCC3(CC2)CC(=O)N(CCCc2ccccc2)C3)o1. The molecule has 2 amide bonds. The molecule has 2 fully saturated rings. The van der Waals surface area contributed by atoms with Gasteiger partial charge in [-0.2, -0.15) is 0 Å². The largest absolute Gasteiger partial charge is 0.436 e. The summed E-state index contributed by atoms with van der Waals surface area (Å²) >= 11 is 0. The smallest absolute Gasteiger partial charge is 0.291 e. The highest BCUT2D eigenvalue weighted by molar-refractivity contribution is 5.92. The van der Waals surface area contributed by atoms with Gasteiger partial charge in [-0.15, -0.1) is 0 Å². The number of oxazole rings is 1. The average Bonchev–Trinajstić information content (AvgIpc) is 3.21. The predicted octanol–water partition coefficient (Wildman–Crippen LogP) is 3.38. The number of likely N-dealkylation sites (tertiary alicyclic amines) is 2. The molecule has 0 bridgehead atoms. The van der Waals surface area contributed by atoms with Crippen LogP contribution in [0, 0.1) is 19.3 Å². The summed E-state index contributed by atoms with van der Waals surface area (Å²) in [6, 6.07) is 10.4. The number of rotatable bonds is 5. The summed E-state index contributed by atoms with van der Waals surface area (Å²) in [4.78, 5) is 33.4. The van der Waals surface area contributed by atoms with Crippen LogP contribution in [-0.2, 0) is 11.2 Å². The maximum absolute atomic E-state index is 12.8. The van der Waals surface area contributed by atoms with E-state index in [9.17, 15) is 9.59 Å². The molecule has 4 rings (SSSR count). The topological polar surface area (TPSA) is 66.7 Å².